The van der Waals surface area contributed by atoms with Gasteiger partial charge in [0.15, 0.2) is 0 Å². The summed E-state index contributed by atoms with van der Waals surface area (Å²) in [5.41, 5.74) is 2.08. The van der Waals surface area contributed by atoms with Crippen molar-refractivity contribution in [2.75, 3.05) is 26.7 Å². The number of nitrogens with zero attached hydrogens (tertiary/aromatic N) is 3. The summed E-state index contributed by atoms with van der Waals surface area (Å²) in [6, 6.07) is 12.7. The van der Waals surface area contributed by atoms with Crippen molar-refractivity contribution in [1.82, 2.24) is 14.5 Å². The lowest BCUT2D eigenvalue weighted by atomic mass is 10.1. The molecule has 0 aliphatic carbocycles. The maximum Gasteiger partial charge on any atom is 0.119 e. The topological polar surface area (TPSA) is 30.3 Å². The Labute approximate surface area is 159 Å². The lowest BCUT2D eigenvalue weighted by Crippen LogP contribution is -2.32. The first-order valence-electron chi connectivity index (χ1n) is 9.90. The zero-order chi connectivity index (χ0) is 18.2. The van der Waals surface area contributed by atoms with Gasteiger partial charge in [0.25, 0.3) is 0 Å². The molecule has 3 heterocycles. The normalized spacial score (nSPS) is 15.7. The first kappa shape index (κ1) is 16.6. The molecule has 4 nitrogen and oxygen atoms in total. The molecular formula is C23H25N3O. The molecule has 0 spiro atoms. The number of ether oxygens (including phenoxy) is 1. The number of rotatable bonds is 4. The highest BCUT2D eigenvalue weighted by Crippen LogP contribution is 2.34. The molecule has 1 fully saturated rings. The third-order valence-electron chi connectivity index (χ3n) is 5.83. The van der Waals surface area contributed by atoms with Crippen molar-refractivity contribution in [2.45, 2.75) is 25.8 Å². The van der Waals surface area contributed by atoms with Crippen LogP contribution < -0.4 is 4.74 Å². The molecule has 2 aromatic heterocycles. The fourth-order valence-electron chi connectivity index (χ4n) is 4.32. The molecule has 0 amide bonds. The molecular weight excluding hydrogens is 334 g/mol. The molecule has 4 heteroatoms. The number of benzene rings is 2. The Kier molecular flexibility index (Phi) is 4.21. The Hall–Kier alpha value is -2.59. The highest BCUT2D eigenvalue weighted by atomic mass is 16.5. The highest BCUT2D eigenvalue weighted by molar-refractivity contribution is 6.20. The minimum atomic E-state index is 0.878. The van der Waals surface area contributed by atoms with Gasteiger partial charge < -0.3 is 14.2 Å². The van der Waals surface area contributed by atoms with Crippen LogP contribution in [0.5, 0.6) is 5.75 Å². The van der Waals surface area contributed by atoms with Gasteiger partial charge in [0.1, 0.15) is 5.75 Å². The SMILES string of the molecule is COc1ccc2nc3ccc4ccn(CCN5CCCCC5)cc4c3c2c1. The first-order valence-corrected chi connectivity index (χ1v) is 9.90. The van der Waals surface area contributed by atoms with E-state index in [0.717, 1.165) is 29.9 Å². The van der Waals surface area contributed by atoms with Crippen molar-refractivity contribution < 1.29 is 4.74 Å². The minimum absolute atomic E-state index is 0.878. The third kappa shape index (κ3) is 3.04. The van der Waals surface area contributed by atoms with Crippen LogP contribution in [0.4, 0.5) is 0 Å². The zero-order valence-electron chi connectivity index (χ0n) is 15.8. The molecule has 0 radical (unpaired) electrons. The van der Waals surface area contributed by atoms with E-state index < -0.39 is 0 Å². The lowest BCUT2D eigenvalue weighted by molar-refractivity contribution is 0.221. The van der Waals surface area contributed by atoms with Crippen LogP contribution in [0.1, 0.15) is 19.3 Å². The Morgan fingerprint density at radius 2 is 1.78 bits per heavy atom. The number of pyridine rings is 1. The van der Waals surface area contributed by atoms with Gasteiger partial charge in [0.2, 0.25) is 0 Å². The van der Waals surface area contributed by atoms with Gasteiger partial charge in [0, 0.05) is 41.6 Å². The van der Waals surface area contributed by atoms with Gasteiger partial charge in [-0.2, -0.15) is 0 Å². The van der Waals surface area contributed by atoms with E-state index in [1.165, 1.54) is 53.9 Å². The van der Waals surface area contributed by atoms with E-state index in [0.29, 0.717) is 0 Å². The van der Waals surface area contributed by atoms with Crippen LogP contribution in [-0.4, -0.2) is 41.2 Å². The second kappa shape index (κ2) is 6.86. The minimum Gasteiger partial charge on any atom is -0.497 e. The van der Waals surface area contributed by atoms with E-state index in [-0.39, 0.29) is 0 Å². The molecule has 138 valence electrons. The lowest BCUT2D eigenvalue weighted by Gasteiger charge is -2.26. The molecule has 2 aromatic carbocycles. The molecule has 1 saturated heterocycles. The number of hydrogen-bond acceptors (Lipinski definition) is 3. The van der Waals surface area contributed by atoms with Gasteiger partial charge in [-0.25, -0.2) is 4.98 Å². The van der Waals surface area contributed by atoms with Crippen LogP contribution in [0, 0.1) is 0 Å². The van der Waals surface area contributed by atoms with Crippen molar-refractivity contribution in [3.63, 3.8) is 0 Å². The second-order valence-corrected chi connectivity index (χ2v) is 7.54. The predicted octanol–water partition coefficient (Wildman–Crippen LogP) is 4.84. The molecule has 27 heavy (non-hydrogen) atoms. The molecule has 0 saturated carbocycles. The van der Waals surface area contributed by atoms with Crippen LogP contribution in [0.2, 0.25) is 0 Å². The van der Waals surface area contributed by atoms with E-state index in [1.807, 2.05) is 12.1 Å². The average Bonchev–Trinajstić information content (AvgIpc) is 3.11. The number of methoxy groups -OCH3 is 1. The van der Waals surface area contributed by atoms with Crippen molar-refractivity contribution in [3.05, 3.63) is 48.8 Å². The molecule has 1 aliphatic rings. The third-order valence-corrected chi connectivity index (χ3v) is 5.83. The Bertz CT molecular complexity index is 1110. The summed E-state index contributed by atoms with van der Waals surface area (Å²) in [6.45, 7) is 4.65. The highest BCUT2D eigenvalue weighted by Gasteiger charge is 2.12. The molecule has 1 aliphatic heterocycles. The van der Waals surface area contributed by atoms with Gasteiger partial charge >= 0.3 is 0 Å². The summed E-state index contributed by atoms with van der Waals surface area (Å²) < 4.78 is 7.77. The van der Waals surface area contributed by atoms with Crippen molar-refractivity contribution in [3.8, 4) is 5.75 Å². The van der Waals surface area contributed by atoms with Gasteiger partial charge in [0.05, 0.1) is 18.1 Å². The number of fused-ring (bicyclic) bond motifs is 5. The number of likely N-dealkylation sites (tertiary alicyclic amines) is 1. The summed E-state index contributed by atoms with van der Waals surface area (Å²) in [7, 11) is 1.71. The molecule has 0 N–H and O–H groups in total. The number of piperidine rings is 1. The van der Waals surface area contributed by atoms with E-state index in [1.54, 1.807) is 7.11 Å². The molecule has 5 rings (SSSR count). The van der Waals surface area contributed by atoms with Crippen LogP contribution in [-0.2, 0) is 6.54 Å². The maximum atomic E-state index is 5.44. The fourth-order valence-corrected chi connectivity index (χ4v) is 4.32. The van der Waals surface area contributed by atoms with Gasteiger partial charge in [-0.05, 0) is 61.6 Å². The largest absolute Gasteiger partial charge is 0.497 e. The quantitative estimate of drug-likeness (QED) is 0.522. The standard InChI is InChI=1S/C23H25N3O/c1-27-18-6-8-21-19(15-18)23-20-16-26(14-13-25-10-3-2-4-11-25)12-9-17(20)5-7-22(23)24-21/h5-9,12,15-16H,2-4,10-11,13-14H2,1H3. The second-order valence-electron chi connectivity index (χ2n) is 7.54. The molecule has 0 bridgehead atoms. The summed E-state index contributed by atoms with van der Waals surface area (Å²) in [6.07, 6.45) is 8.57. The molecule has 0 unspecified atom stereocenters. The van der Waals surface area contributed by atoms with Gasteiger partial charge in [-0.3, -0.25) is 0 Å². The van der Waals surface area contributed by atoms with Crippen LogP contribution in [0.3, 0.4) is 0 Å². The Morgan fingerprint density at radius 1 is 0.926 bits per heavy atom. The average molecular weight is 359 g/mol. The van der Waals surface area contributed by atoms with Crippen LogP contribution in [0.25, 0.3) is 32.6 Å². The summed E-state index contributed by atoms with van der Waals surface area (Å²) in [5, 5.41) is 4.93. The first-order chi connectivity index (χ1) is 13.3. The van der Waals surface area contributed by atoms with Gasteiger partial charge in [-0.1, -0.05) is 12.5 Å². The van der Waals surface area contributed by atoms with E-state index in [2.05, 4.69) is 46.1 Å². The van der Waals surface area contributed by atoms with Crippen molar-refractivity contribution >= 4 is 32.6 Å². The van der Waals surface area contributed by atoms with Gasteiger partial charge in [-0.15, -0.1) is 0 Å². The monoisotopic (exact) mass is 359 g/mol. The van der Waals surface area contributed by atoms with Crippen molar-refractivity contribution in [1.29, 1.82) is 0 Å². The zero-order valence-corrected chi connectivity index (χ0v) is 15.8. The van der Waals surface area contributed by atoms with E-state index >= 15 is 0 Å². The summed E-state index contributed by atoms with van der Waals surface area (Å²) in [5.74, 6) is 0.878. The van der Waals surface area contributed by atoms with Crippen LogP contribution >= 0.6 is 0 Å². The Morgan fingerprint density at radius 3 is 2.63 bits per heavy atom. The van der Waals surface area contributed by atoms with E-state index in [4.69, 9.17) is 9.72 Å². The van der Waals surface area contributed by atoms with Crippen molar-refractivity contribution in [2.24, 2.45) is 0 Å². The Balaban J connectivity index is 1.58. The smallest absolute Gasteiger partial charge is 0.119 e. The van der Waals surface area contributed by atoms with Crippen LogP contribution in [0.15, 0.2) is 48.8 Å². The maximum absolute atomic E-state index is 5.44. The fraction of sp³-hybridized carbons (Fsp3) is 0.348. The number of aromatic nitrogens is 2. The summed E-state index contributed by atoms with van der Waals surface area (Å²) >= 11 is 0. The van der Waals surface area contributed by atoms with E-state index in [9.17, 15) is 0 Å². The number of hydrogen-bond donors (Lipinski definition) is 0. The predicted molar refractivity (Wildman–Crippen MR) is 112 cm³/mol. The molecule has 0 atom stereocenters. The summed E-state index contributed by atoms with van der Waals surface area (Å²) in [4.78, 5) is 7.41. The molecule has 4 aromatic rings.